The van der Waals surface area contributed by atoms with Crippen LogP contribution >= 0.6 is 0 Å². The molecule has 2 saturated heterocycles. The van der Waals surface area contributed by atoms with Crippen molar-refractivity contribution in [2.45, 2.75) is 97.8 Å². The number of rotatable bonds is 10. The van der Waals surface area contributed by atoms with Crippen molar-refractivity contribution in [2.75, 3.05) is 19.6 Å². The molecule has 37 heavy (non-hydrogen) atoms. The van der Waals surface area contributed by atoms with Gasteiger partial charge in [-0.3, -0.25) is 19.2 Å². The summed E-state index contributed by atoms with van der Waals surface area (Å²) >= 11 is 0. The van der Waals surface area contributed by atoms with E-state index in [1.54, 1.807) is 0 Å². The molecule has 4 rings (SSSR count). The summed E-state index contributed by atoms with van der Waals surface area (Å²) in [6.07, 6.45) is 4.96. The van der Waals surface area contributed by atoms with Gasteiger partial charge in [-0.1, -0.05) is 57.5 Å². The topological polar surface area (TPSA) is 70.5 Å². The number of hydrogen-bond donors (Lipinski definition) is 1. The third-order valence-electron chi connectivity index (χ3n) is 8.30. The van der Waals surface area contributed by atoms with Gasteiger partial charge in [0.15, 0.2) is 0 Å². The molecule has 0 saturated carbocycles. The molecule has 3 heterocycles. The van der Waals surface area contributed by atoms with Crippen LogP contribution in [0.5, 0.6) is 0 Å². The second-order valence-corrected chi connectivity index (χ2v) is 11.4. The maximum absolute atomic E-state index is 13.5. The van der Waals surface area contributed by atoms with E-state index >= 15 is 0 Å². The molecule has 2 aromatic rings. The summed E-state index contributed by atoms with van der Waals surface area (Å²) in [6, 6.07) is 10.2. The fourth-order valence-corrected chi connectivity index (χ4v) is 6.01. The maximum Gasteiger partial charge on any atom is 0.246 e. The lowest BCUT2D eigenvalue weighted by Crippen LogP contribution is -2.73. The van der Waals surface area contributed by atoms with Crippen LogP contribution in [0.25, 0.3) is 0 Å². The number of unbranched alkanes of at least 4 members (excludes halogenated alkanes) is 1. The molecule has 1 N–H and O–H groups in total. The molecular weight excluding hydrogens is 462 g/mol. The number of hydrogen-bond acceptors (Lipinski definition) is 4. The Hall–Kier alpha value is -2.67. The monoisotopic (exact) mass is 507 g/mol. The van der Waals surface area contributed by atoms with E-state index in [9.17, 15) is 9.59 Å². The molecule has 7 nitrogen and oxygen atoms in total. The van der Waals surface area contributed by atoms with Gasteiger partial charge in [0.1, 0.15) is 11.6 Å². The first kappa shape index (κ1) is 27.4. The van der Waals surface area contributed by atoms with E-state index in [1.807, 2.05) is 11.0 Å². The van der Waals surface area contributed by atoms with E-state index in [1.165, 1.54) is 16.8 Å². The molecule has 2 fully saturated rings. The fourth-order valence-electron chi connectivity index (χ4n) is 6.01. The van der Waals surface area contributed by atoms with Crippen LogP contribution in [-0.2, 0) is 29.1 Å². The summed E-state index contributed by atoms with van der Waals surface area (Å²) in [5, 5.41) is 7.96. The predicted molar refractivity (Wildman–Crippen MR) is 147 cm³/mol. The van der Waals surface area contributed by atoms with Gasteiger partial charge < -0.3 is 10.2 Å². The van der Waals surface area contributed by atoms with Crippen molar-refractivity contribution in [3.63, 3.8) is 0 Å². The Labute approximate surface area is 222 Å². The number of piperidine rings is 1. The molecular formula is C30H45N5O2. The van der Waals surface area contributed by atoms with Gasteiger partial charge in [-0.25, -0.2) is 0 Å². The zero-order valence-corrected chi connectivity index (χ0v) is 23.4. The standard InChI is InChI=1S/C30H45N5O2/c1-6-7-16-34-28(36)27(20-22(2)3)31-29(37)30(34)14-18-33(19-15-30)21-26-23(4)32-35(24(26)5)17-13-25-11-9-8-10-12-25/h8-12,22,27H,6-7,13-21H2,1-5H3,(H,31,37)/t27-/m0/s1. The van der Waals surface area contributed by atoms with Gasteiger partial charge in [-0.2, -0.15) is 5.10 Å². The second kappa shape index (κ2) is 11.8. The maximum atomic E-state index is 13.5. The largest absolute Gasteiger partial charge is 0.342 e. The first-order valence-corrected chi connectivity index (χ1v) is 14.2. The molecule has 1 aromatic carbocycles. The lowest BCUT2D eigenvalue weighted by atomic mass is 9.80. The van der Waals surface area contributed by atoms with Gasteiger partial charge in [0.2, 0.25) is 11.8 Å². The van der Waals surface area contributed by atoms with Gasteiger partial charge in [-0.05, 0) is 57.4 Å². The number of piperazine rings is 1. The normalized spacial score (nSPS) is 20.2. The highest BCUT2D eigenvalue weighted by Gasteiger charge is 2.53. The Balaban J connectivity index is 1.43. The summed E-state index contributed by atoms with van der Waals surface area (Å²) in [4.78, 5) is 31.4. The van der Waals surface area contributed by atoms with Crippen LogP contribution < -0.4 is 5.32 Å². The van der Waals surface area contributed by atoms with Gasteiger partial charge in [0, 0.05) is 44.0 Å². The molecule has 2 amide bonds. The SMILES string of the molecule is CCCCN1C(=O)[C@H](CC(C)C)NC(=O)C12CCN(Cc1c(C)nn(CCc3ccccc3)c1C)CC2. The average molecular weight is 508 g/mol. The number of likely N-dealkylation sites (tertiary alicyclic amines) is 1. The Morgan fingerprint density at radius 2 is 1.78 bits per heavy atom. The van der Waals surface area contributed by atoms with Gasteiger partial charge >= 0.3 is 0 Å². The van der Waals surface area contributed by atoms with Gasteiger partial charge in [0.25, 0.3) is 0 Å². The van der Waals surface area contributed by atoms with Crippen molar-refractivity contribution in [1.82, 2.24) is 24.9 Å². The minimum atomic E-state index is -0.708. The molecule has 0 unspecified atom stereocenters. The van der Waals surface area contributed by atoms with Crippen molar-refractivity contribution in [2.24, 2.45) is 5.92 Å². The summed E-state index contributed by atoms with van der Waals surface area (Å²) in [5.74, 6) is 0.523. The van der Waals surface area contributed by atoms with E-state index in [0.29, 0.717) is 31.7 Å². The lowest BCUT2D eigenvalue weighted by Gasteiger charge is -2.52. The first-order chi connectivity index (χ1) is 17.7. The number of amides is 2. The molecule has 202 valence electrons. The summed E-state index contributed by atoms with van der Waals surface area (Å²) < 4.78 is 2.14. The van der Waals surface area contributed by atoms with Crippen molar-refractivity contribution in [3.8, 4) is 0 Å². The van der Waals surface area contributed by atoms with Crippen LogP contribution in [-0.4, -0.2) is 62.6 Å². The van der Waals surface area contributed by atoms with E-state index in [4.69, 9.17) is 5.10 Å². The predicted octanol–water partition coefficient (Wildman–Crippen LogP) is 4.25. The summed E-state index contributed by atoms with van der Waals surface area (Å²) in [5.41, 5.74) is 4.20. The fraction of sp³-hybridized carbons (Fsp3) is 0.633. The van der Waals surface area contributed by atoms with Crippen molar-refractivity contribution < 1.29 is 9.59 Å². The smallest absolute Gasteiger partial charge is 0.246 e. The first-order valence-electron chi connectivity index (χ1n) is 14.2. The van der Waals surface area contributed by atoms with Crippen molar-refractivity contribution >= 4 is 11.8 Å². The van der Waals surface area contributed by atoms with Crippen LogP contribution in [0, 0.1) is 19.8 Å². The number of carbonyl (C=O) groups is 2. The Kier molecular flexibility index (Phi) is 8.73. The third-order valence-corrected chi connectivity index (χ3v) is 8.30. The second-order valence-electron chi connectivity index (χ2n) is 11.4. The van der Waals surface area contributed by atoms with E-state index < -0.39 is 5.54 Å². The number of nitrogens with one attached hydrogen (secondary N) is 1. The number of carbonyl (C=O) groups excluding carboxylic acids is 2. The summed E-state index contributed by atoms with van der Waals surface area (Å²) in [7, 11) is 0. The number of aryl methyl sites for hydroxylation is 3. The number of nitrogens with zero attached hydrogens (tertiary/aromatic N) is 4. The molecule has 1 spiro atoms. The molecule has 2 aliphatic heterocycles. The number of aromatic nitrogens is 2. The van der Waals surface area contributed by atoms with E-state index in [-0.39, 0.29) is 17.9 Å². The van der Waals surface area contributed by atoms with Crippen LogP contribution in [0.3, 0.4) is 0 Å². The number of benzene rings is 1. The highest BCUT2D eigenvalue weighted by Crippen LogP contribution is 2.35. The molecule has 2 aliphatic rings. The molecule has 0 bridgehead atoms. The van der Waals surface area contributed by atoms with Gasteiger partial charge in [0.05, 0.1) is 5.69 Å². The molecule has 0 radical (unpaired) electrons. The van der Waals surface area contributed by atoms with E-state index in [2.05, 4.69) is 73.8 Å². The van der Waals surface area contributed by atoms with Crippen LogP contribution in [0.15, 0.2) is 30.3 Å². The van der Waals surface area contributed by atoms with Crippen molar-refractivity contribution in [3.05, 3.63) is 52.8 Å². The Morgan fingerprint density at radius 1 is 1.08 bits per heavy atom. The van der Waals surface area contributed by atoms with Crippen LogP contribution in [0.4, 0.5) is 0 Å². The van der Waals surface area contributed by atoms with Crippen LogP contribution in [0.1, 0.15) is 75.4 Å². The lowest BCUT2D eigenvalue weighted by molar-refractivity contribution is -0.161. The summed E-state index contributed by atoms with van der Waals surface area (Å²) in [6.45, 7) is 14.6. The van der Waals surface area contributed by atoms with E-state index in [0.717, 1.165) is 51.1 Å². The quantitative estimate of drug-likeness (QED) is 0.522. The zero-order chi connectivity index (χ0) is 26.6. The highest BCUT2D eigenvalue weighted by molar-refractivity contribution is 6.00. The highest BCUT2D eigenvalue weighted by atomic mass is 16.2. The molecule has 7 heteroatoms. The average Bonchev–Trinajstić information content (AvgIpc) is 3.15. The third kappa shape index (κ3) is 5.92. The Bertz CT molecular complexity index is 1070. The molecule has 1 atom stereocenters. The van der Waals surface area contributed by atoms with Crippen LogP contribution in [0.2, 0.25) is 0 Å². The minimum Gasteiger partial charge on any atom is -0.342 e. The van der Waals surface area contributed by atoms with Crippen molar-refractivity contribution in [1.29, 1.82) is 0 Å². The Morgan fingerprint density at radius 3 is 2.43 bits per heavy atom. The minimum absolute atomic E-state index is 0.0506. The molecule has 1 aromatic heterocycles. The molecule has 0 aliphatic carbocycles. The zero-order valence-electron chi connectivity index (χ0n) is 23.4. The van der Waals surface area contributed by atoms with Gasteiger partial charge in [-0.15, -0.1) is 0 Å².